The molecule has 1 amide bonds. The van der Waals surface area contributed by atoms with E-state index in [1.165, 1.54) is 17.4 Å². The summed E-state index contributed by atoms with van der Waals surface area (Å²) in [4.78, 5) is 17.0. The second kappa shape index (κ2) is 7.16. The Hall–Kier alpha value is -3.06. The lowest BCUT2D eigenvalue weighted by atomic mass is 10.0. The third-order valence-corrected chi connectivity index (χ3v) is 5.49. The van der Waals surface area contributed by atoms with E-state index >= 15 is 0 Å². The van der Waals surface area contributed by atoms with Gasteiger partial charge in [-0.05, 0) is 44.0 Å². The molecule has 0 aliphatic rings. The summed E-state index contributed by atoms with van der Waals surface area (Å²) < 4.78 is 16.3. The predicted octanol–water partition coefficient (Wildman–Crippen LogP) is 4.73. The van der Waals surface area contributed by atoms with E-state index in [4.69, 9.17) is 0 Å². The van der Waals surface area contributed by atoms with Crippen molar-refractivity contribution in [2.75, 3.05) is 5.32 Å². The lowest BCUT2D eigenvalue weighted by Gasteiger charge is -2.09. The molecule has 4 aromatic rings. The van der Waals surface area contributed by atoms with Gasteiger partial charge >= 0.3 is 0 Å². The van der Waals surface area contributed by atoms with Crippen molar-refractivity contribution in [3.8, 4) is 5.13 Å². The summed E-state index contributed by atoms with van der Waals surface area (Å²) in [6, 6.07) is 12.7. The summed E-state index contributed by atoms with van der Waals surface area (Å²) in [6.07, 6.45) is 0.270. The van der Waals surface area contributed by atoms with Gasteiger partial charge in [0.1, 0.15) is 17.2 Å². The number of rotatable bonds is 4. The maximum Gasteiger partial charge on any atom is 0.229 e. The highest BCUT2D eigenvalue weighted by atomic mass is 32.1. The van der Waals surface area contributed by atoms with E-state index in [1.807, 2.05) is 45.0 Å². The molecule has 5 nitrogen and oxygen atoms in total. The number of amides is 1. The van der Waals surface area contributed by atoms with E-state index in [-0.39, 0.29) is 18.1 Å². The molecule has 0 aliphatic heterocycles. The van der Waals surface area contributed by atoms with Gasteiger partial charge in [0.2, 0.25) is 11.0 Å². The fraction of sp³-hybridized carbons (Fsp3) is 0.190. The normalized spacial score (nSPS) is 11.1. The number of carbonyl (C=O) groups excluding carboxylic acids is 1. The Kier molecular flexibility index (Phi) is 4.68. The van der Waals surface area contributed by atoms with Gasteiger partial charge in [-0.1, -0.05) is 41.2 Å². The van der Waals surface area contributed by atoms with Crippen LogP contribution >= 0.6 is 11.3 Å². The summed E-state index contributed by atoms with van der Waals surface area (Å²) in [6.45, 7) is 5.84. The van der Waals surface area contributed by atoms with Crippen LogP contribution < -0.4 is 5.32 Å². The molecular weight excluding hydrogens is 375 g/mol. The van der Waals surface area contributed by atoms with Crippen LogP contribution in [-0.4, -0.2) is 20.7 Å². The molecule has 0 unspecified atom stereocenters. The van der Waals surface area contributed by atoms with E-state index in [1.54, 1.807) is 16.8 Å². The molecule has 7 heteroatoms. The molecule has 0 spiro atoms. The molecule has 2 aromatic carbocycles. The van der Waals surface area contributed by atoms with Crippen molar-refractivity contribution in [2.24, 2.45) is 0 Å². The minimum atomic E-state index is -0.371. The highest BCUT2D eigenvalue weighted by Gasteiger charge is 2.16. The molecule has 0 fully saturated rings. The van der Waals surface area contributed by atoms with Crippen molar-refractivity contribution in [1.29, 1.82) is 0 Å². The monoisotopic (exact) mass is 394 g/mol. The largest absolute Gasteiger partial charge is 0.310 e. The van der Waals surface area contributed by atoms with Crippen LogP contribution in [0.2, 0.25) is 0 Å². The predicted molar refractivity (Wildman–Crippen MR) is 110 cm³/mol. The van der Waals surface area contributed by atoms with Gasteiger partial charge in [-0.2, -0.15) is 9.78 Å². The molecule has 0 saturated heterocycles. The standard InChI is InChI=1S/C21H19FN4OS/c1-12-7-8-13(2)15(9-12)11-19(27)23-18-10-14(3)25-26(18)21-24-20-16(22)5-4-6-17(20)28-21/h4-10H,11H2,1-3H3,(H,23,27). The number of hydrogen-bond donors (Lipinski definition) is 1. The second-order valence-corrected chi connectivity index (χ2v) is 7.83. The average Bonchev–Trinajstić information content (AvgIpc) is 3.22. The molecule has 0 radical (unpaired) electrons. The summed E-state index contributed by atoms with van der Waals surface area (Å²) in [7, 11) is 0. The van der Waals surface area contributed by atoms with Crippen LogP contribution in [0.5, 0.6) is 0 Å². The first-order valence-electron chi connectivity index (χ1n) is 8.89. The SMILES string of the molecule is Cc1ccc(C)c(CC(=O)Nc2cc(C)nn2-c2nc3c(F)cccc3s2)c1. The lowest BCUT2D eigenvalue weighted by molar-refractivity contribution is -0.115. The van der Waals surface area contributed by atoms with Crippen molar-refractivity contribution >= 4 is 33.3 Å². The minimum Gasteiger partial charge on any atom is -0.310 e. The van der Waals surface area contributed by atoms with Gasteiger partial charge in [-0.15, -0.1) is 0 Å². The zero-order valence-corrected chi connectivity index (χ0v) is 16.6. The smallest absolute Gasteiger partial charge is 0.229 e. The van der Waals surface area contributed by atoms with Crippen molar-refractivity contribution in [3.63, 3.8) is 0 Å². The van der Waals surface area contributed by atoms with E-state index in [0.717, 1.165) is 27.1 Å². The number of fused-ring (bicyclic) bond motifs is 1. The first-order chi connectivity index (χ1) is 13.4. The van der Waals surface area contributed by atoms with Gasteiger partial charge in [0.15, 0.2) is 0 Å². The number of carbonyl (C=O) groups is 1. The Morgan fingerprint density at radius 1 is 1.18 bits per heavy atom. The lowest BCUT2D eigenvalue weighted by Crippen LogP contribution is -2.17. The summed E-state index contributed by atoms with van der Waals surface area (Å²) in [5, 5.41) is 7.85. The van der Waals surface area contributed by atoms with E-state index in [0.29, 0.717) is 16.5 Å². The zero-order chi connectivity index (χ0) is 19.8. The van der Waals surface area contributed by atoms with Gasteiger partial charge in [0.25, 0.3) is 0 Å². The molecule has 0 aliphatic carbocycles. The third-order valence-electron chi connectivity index (χ3n) is 4.49. The number of thiazole rings is 1. The van der Waals surface area contributed by atoms with E-state index in [2.05, 4.69) is 15.4 Å². The zero-order valence-electron chi connectivity index (χ0n) is 15.8. The number of aromatic nitrogens is 3. The van der Waals surface area contributed by atoms with Crippen LogP contribution in [0.1, 0.15) is 22.4 Å². The highest BCUT2D eigenvalue weighted by Crippen LogP contribution is 2.28. The van der Waals surface area contributed by atoms with Crippen LogP contribution in [-0.2, 0) is 11.2 Å². The van der Waals surface area contributed by atoms with Crippen LogP contribution in [0.15, 0.2) is 42.5 Å². The number of para-hydroxylation sites is 1. The Bertz CT molecular complexity index is 1190. The van der Waals surface area contributed by atoms with Crippen LogP contribution in [0.25, 0.3) is 15.3 Å². The molecule has 2 heterocycles. The van der Waals surface area contributed by atoms with Crippen LogP contribution in [0, 0.1) is 26.6 Å². The fourth-order valence-electron chi connectivity index (χ4n) is 3.08. The van der Waals surface area contributed by atoms with Crippen LogP contribution in [0.3, 0.4) is 0 Å². The van der Waals surface area contributed by atoms with E-state index in [9.17, 15) is 9.18 Å². The summed E-state index contributed by atoms with van der Waals surface area (Å²) >= 11 is 1.33. The van der Waals surface area contributed by atoms with Gasteiger partial charge in [-0.3, -0.25) is 4.79 Å². The van der Waals surface area contributed by atoms with Crippen molar-refractivity contribution in [1.82, 2.24) is 14.8 Å². The van der Waals surface area contributed by atoms with Crippen molar-refractivity contribution < 1.29 is 9.18 Å². The van der Waals surface area contributed by atoms with Crippen LogP contribution in [0.4, 0.5) is 10.2 Å². The van der Waals surface area contributed by atoms with Gasteiger partial charge in [-0.25, -0.2) is 9.37 Å². The Morgan fingerprint density at radius 2 is 2.00 bits per heavy atom. The summed E-state index contributed by atoms with van der Waals surface area (Å²) in [5.74, 6) is 0.0128. The minimum absolute atomic E-state index is 0.137. The highest BCUT2D eigenvalue weighted by molar-refractivity contribution is 7.20. The van der Waals surface area contributed by atoms with Gasteiger partial charge in [0.05, 0.1) is 16.8 Å². The molecular formula is C21H19FN4OS. The molecule has 1 N–H and O–H groups in total. The molecule has 0 saturated carbocycles. The molecule has 0 atom stereocenters. The first kappa shape index (κ1) is 18.3. The molecule has 0 bridgehead atoms. The van der Waals surface area contributed by atoms with Gasteiger partial charge < -0.3 is 5.32 Å². The molecule has 28 heavy (non-hydrogen) atoms. The number of nitrogens with one attached hydrogen (secondary N) is 1. The Morgan fingerprint density at radius 3 is 2.79 bits per heavy atom. The van der Waals surface area contributed by atoms with Crippen molar-refractivity contribution in [2.45, 2.75) is 27.2 Å². The van der Waals surface area contributed by atoms with Crippen molar-refractivity contribution in [3.05, 3.63) is 70.7 Å². The molecule has 2 aromatic heterocycles. The number of halogens is 1. The Balaban J connectivity index is 1.63. The number of aryl methyl sites for hydroxylation is 3. The number of benzene rings is 2. The maximum atomic E-state index is 14.0. The quantitative estimate of drug-likeness (QED) is 0.544. The van der Waals surface area contributed by atoms with Gasteiger partial charge in [0, 0.05) is 6.07 Å². The first-order valence-corrected chi connectivity index (χ1v) is 9.70. The second-order valence-electron chi connectivity index (χ2n) is 6.82. The average molecular weight is 394 g/mol. The topological polar surface area (TPSA) is 59.8 Å². The molecule has 4 rings (SSSR count). The number of anilines is 1. The third kappa shape index (κ3) is 3.53. The summed E-state index contributed by atoms with van der Waals surface area (Å²) in [5.41, 5.74) is 4.23. The van der Waals surface area contributed by atoms with E-state index < -0.39 is 0 Å². The fourth-order valence-corrected chi connectivity index (χ4v) is 4.02. The number of hydrogen-bond acceptors (Lipinski definition) is 4. The molecule has 142 valence electrons. The maximum absolute atomic E-state index is 14.0. The number of nitrogens with zero attached hydrogens (tertiary/aromatic N) is 3. The Labute approximate surface area is 165 Å².